The van der Waals surface area contributed by atoms with Crippen LogP contribution in [0.3, 0.4) is 0 Å². The summed E-state index contributed by atoms with van der Waals surface area (Å²) >= 11 is 5.21. The van der Waals surface area contributed by atoms with Gasteiger partial charge in [-0.2, -0.15) is 0 Å². The van der Waals surface area contributed by atoms with Crippen molar-refractivity contribution in [2.24, 2.45) is 0 Å². The molecule has 0 amide bonds. The number of benzene rings is 1. The molecule has 1 aliphatic rings. The Bertz CT molecular complexity index is 389. The summed E-state index contributed by atoms with van der Waals surface area (Å²) in [6, 6.07) is 7.07. The average molecular weight is 252 g/mol. The van der Waals surface area contributed by atoms with E-state index in [1.807, 2.05) is 6.07 Å². The minimum Gasteiger partial charge on any atom is -0.360 e. The zero-order valence-corrected chi connectivity index (χ0v) is 10.5. The van der Waals surface area contributed by atoms with E-state index in [0.29, 0.717) is 17.7 Å². The van der Waals surface area contributed by atoms with E-state index >= 15 is 0 Å². The Kier molecular flexibility index (Phi) is 4.31. The molecule has 2 N–H and O–H groups in total. The quantitative estimate of drug-likeness (QED) is 0.809. The first kappa shape index (κ1) is 12.3. The van der Waals surface area contributed by atoms with Gasteiger partial charge in [0.05, 0.1) is 0 Å². The van der Waals surface area contributed by atoms with Crippen LogP contribution in [-0.2, 0) is 6.54 Å². The van der Waals surface area contributed by atoms with Crippen molar-refractivity contribution in [2.75, 3.05) is 0 Å². The van der Waals surface area contributed by atoms with Crippen LogP contribution >= 0.6 is 12.2 Å². The van der Waals surface area contributed by atoms with Gasteiger partial charge in [-0.1, -0.05) is 25.0 Å². The van der Waals surface area contributed by atoms with E-state index in [0.717, 1.165) is 5.56 Å². The highest BCUT2D eigenvalue weighted by Crippen LogP contribution is 2.17. The summed E-state index contributed by atoms with van der Waals surface area (Å²) in [6.07, 6.45) is 4.96. The molecule has 2 rings (SSSR count). The smallest absolute Gasteiger partial charge is 0.166 e. The van der Waals surface area contributed by atoms with Gasteiger partial charge in [0.2, 0.25) is 0 Å². The molecular formula is C13H17FN2S. The van der Waals surface area contributed by atoms with Crippen molar-refractivity contribution in [3.8, 4) is 0 Å². The first-order chi connectivity index (χ1) is 8.24. The maximum Gasteiger partial charge on any atom is 0.166 e. The third-order valence-corrected chi connectivity index (χ3v) is 3.29. The minimum atomic E-state index is -0.209. The maximum atomic E-state index is 12.9. The molecule has 1 fully saturated rings. The minimum absolute atomic E-state index is 0.209. The van der Waals surface area contributed by atoms with Crippen molar-refractivity contribution in [3.05, 3.63) is 35.6 Å². The van der Waals surface area contributed by atoms with Crippen LogP contribution in [0.25, 0.3) is 0 Å². The van der Waals surface area contributed by atoms with Gasteiger partial charge in [-0.3, -0.25) is 0 Å². The first-order valence-electron chi connectivity index (χ1n) is 6.03. The Hall–Kier alpha value is -1.16. The molecule has 0 atom stereocenters. The fourth-order valence-electron chi connectivity index (χ4n) is 2.14. The van der Waals surface area contributed by atoms with E-state index in [-0.39, 0.29) is 5.82 Å². The van der Waals surface area contributed by atoms with E-state index in [1.165, 1.54) is 37.8 Å². The number of hydrogen-bond donors (Lipinski definition) is 2. The van der Waals surface area contributed by atoms with Crippen molar-refractivity contribution in [3.63, 3.8) is 0 Å². The van der Waals surface area contributed by atoms with Crippen molar-refractivity contribution >= 4 is 17.3 Å². The summed E-state index contributed by atoms with van der Waals surface area (Å²) < 4.78 is 12.9. The highest BCUT2D eigenvalue weighted by molar-refractivity contribution is 7.80. The predicted octanol–water partition coefficient (Wildman–Crippen LogP) is 2.73. The zero-order valence-electron chi connectivity index (χ0n) is 9.71. The molecule has 17 heavy (non-hydrogen) atoms. The van der Waals surface area contributed by atoms with E-state index in [2.05, 4.69) is 10.6 Å². The molecule has 2 nitrogen and oxygen atoms in total. The van der Waals surface area contributed by atoms with E-state index in [9.17, 15) is 4.39 Å². The van der Waals surface area contributed by atoms with Crippen LogP contribution in [0.15, 0.2) is 24.3 Å². The fraction of sp³-hybridized carbons (Fsp3) is 0.462. The van der Waals surface area contributed by atoms with E-state index in [1.54, 1.807) is 6.07 Å². The van der Waals surface area contributed by atoms with Crippen LogP contribution in [0.2, 0.25) is 0 Å². The van der Waals surface area contributed by atoms with Crippen molar-refractivity contribution in [1.82, 2.24) is 10.6 Å². The third kappa shape index (κ3) is 3.97. The topological polar surface area (TPSA) is 24.1 Å². The molecule has 0 heterocycles. The summed E-state index contributed by atoms with van der Waals surface area (Å²) in [5.41, 5.74) is 0.903. The predicted molar refractivity (Wildman–Crippen MR) is 71.2 cm³/mol. The molecule has 0 saturated heterocycles. The molecule has 0 unspecified atom stereocenters. The Morgan fingerprint density at radius 2 is 2.12 bits per heavy atom. The second kappa shape index (κ2) is 5.96. The van der Waals surface area contributed by atoms with E-state index < -0.39 is 0 Å². The molecule has 0 aromatic heterocycles. The Morgan fingerprint density at radius 1 is 1.35 bits per heavy atom. The second-order valence-electron chi connectivity index (χ2n) is 4.44. The van der Waals surface area contributed by atoms with Crippen molar-refractivity contribution in [2.45, 2.75) is 38.3 Å². The average Bonchev–Trinajstić information content (AvgIpc) is 2.79. The van der Waals surface area contributed by atoms with Crippen LogP contribution in [0.1, 0.15) is 31.2 Å². The molecule has 92 valence electrons. The highest BCUT2D eigenvalue weighted by Gasteiger charge is 2.15. The molecular weight excluding hydrogens is 235 g/mol. The van der Waals surface area contributed by atoms with Gasteiger partial charge >= 0.3 is 0 Å². The van der Waals surface area contributed by atoms with Gasteiger partial charge in [-0.05, 0) is 42.8 Å². The lowest BCUT2D eigenvalue weighted by molar-refractivity contribution is 0.617. The Labute approximate surface area is 107 Å². The maximum absolute atomic E-state index is 12.9. The van der Waals surface area contributed by atoms with Gasteiger partial charge in [-0.15, -0.1) is 0 Å². The van der Waals surface area contributed by atoms with Crippen LogP contribution in [0, 0.1) is 5.82 Å². The summed E-state index contributed by atoms with van der Waals surface area (Å²) in [7, 11) is 0. The molecule has 0 radical (unpaired) electrons. The van der Waals surface area contributed by atoms with Gasteiger partial charge in [0.1, 0.15) is 5.82 Å². The van der Waals surface area contributed by atoms with Crippen LogP contribution in [-0.4, -0.2) is 11.2 Å². The first-order valence-corrected chi connectivity index (χ1v) is 6.44. The second-order valence-corrected chi connectivity index (χ2v) is 4.85. The number of halogens is 1. The van der Waals surface area contributed by atoms with Crippen molar-refractivity contribution < 1.29 is 4.39 Å². The summed E-state index contributed by atoms with van der Waals surface area (Å²) in [6.45, 7) is 0.566. The molecule has 1 aliphatic carbocycles. The largest absolute Gasteiger partial charge is 0.360 e. The van der Waals surface area contributed by atoms with Gasteiger partial charge in [0.15, 0.2) is 5.11 Å². The highest BCUT2D eigenvalue weighted by atomic mass is 32.1. The molecule has 4 heteroatoms. The lowest BCUT2D eigenvalue weighted by Crippen LogP contribution is -2.40. The molecule has 1 saturated carbocycles. The number of rotatable bonds is 3. The van der Waals surface area contributed by atoms with Crippen LogP contribution in [0.4, 0.5) is 4.39 Å². The van der Waals surface area contributed by atoms with Gasteiger partial charge < -0.3 is 10.6 Å². The standard InChI is InChI=1S/C13H17FN2S/c14-11-5-3-4-10(8-11)9-15-13(17)16-12-6-1-2-7-12/h3-5,8,12H,1-2,6-7,9H2,(H2,15,16,17). The Balaban J connectivity index is 1.75. The summed E-state index contributed by atoms with van der Waals surface area (Å²) in [4.78, 5) is 0. The monoisotopic (exact) mass is 252 g/mol. The third-order valence-electron chi connectivity index (χ3n) is 3.03. The molecule has 1 aromatic carbocycles. The normalized spacial score (nSPS) is 15.8. The van der Waals surface area contributed by atoms with Crippen LogP contribution < -0.4 is 10.6 Å². The van der Waals surface area contributed by atoms with Crippen LogP contribution in [0.5, 0.6) is 0 Å². The van der Waals surface area contributed by atoms with E-state index in [4.69, 9.17) is 12.2 Å². The lowest BCUT2D eigenvalue weighted by atomic mass is 10.2. The SMILES string of the molecule is Fc1cccc(CNC(=S)NC2CCCC2)c1. The molecule has 1 aromatic rings. The fourth-order valence-corrected chi connectivity index (χ4v) is 2.37. The van der Waals surface area contributed by atoms with Gasteiger partial charge in [0.25, 0.3) is 0 Å². The van der Waals surface area contributed by atoms with Gasteiger partial charge in [-0.25, -0.2) is 4.39 Å². The molecule has 0 bridgehead atoms. The molecule has 0 spiro atoms. The number of thiocarbonyl (C=S) groups is 1. The lowest BCUT2D eigenvalue weighted by Gasteiger charge is -2.15. The summed E-state index contributed by atoms with van der Waals surface area (Å²) in [5, 5.41) is 7.06. The van der Waals surface area contributed by atoms with Crippen molar-refractivity contribution in [1.29, 1.82) is 0 Å². The summed E-state index contributed by atoms with van der Waals surface area (Å²) in [5.74, 6) is -0.209. The zero-order chi connectivity index (χ0) is 12.1. The van der Waals surface area contributed by atoms with Gasteiger partial charge in [0, 0.05) is 12.6 Å². The number of nitrogens with one attached hydrogen (secondary N) is 2. The Morgan fingerprint density at radius 3 is 2.82 bits per heavy atom. The molecule has 0 aliphatic heterocycles. The number of hydrogen-bond acceptors (Lipinski definition) is 1.